The number of nitrogens with one attached hydrogen (secondary N) is 1. The first-order valence-electron chi connectivity index (χ1n) is 8.24. The van der Waals surface area contributed by atoms with Crippen LogP contribution in [0.2, 0.25) is 0 Å². The molecule has 1 amide bonds. The minimum atomic E-state index is -0.308. The molecule has 4 aromatic rings. The van der Waals surface area contributed by atoms with Crippen LogP contribution in [0, 0.1) is 20.8 Å². The largest absolute Gasteiger partial charge is 0.321 e. The van der Waals surface area contributed by atoms with Crippen LogP contribution in [-0.4, -0.2) is 15.3 Å². The molecule has 0 atom stereocenters. The lowest BCUT2D eigenvalue weighted by Crippen LogP contribution is -2.17. The van der Waals surface area contributed by atoms with E-state index in [1.165, 1.54) is 17.4 Å². The van der Waals surface area contributed by atoms with Crippen molar-refractivity contribution in [3.63, 3.8) is 0 Å². The zero-order valence-corrected chi connectivity index (χ0v) is 15.5. The number of aromatic nitrogens is 2. The van der Waals surface area contributed by atoms with Crippen molar-refractivity contribution in [2.45, 2.75) is 20.8 Å². The monoisotopic (exact) mass is 363 g/mol. The number of fused-ring (bicyclic) bond motifs is 3. The fraction of sp³-hybridized carbons (Fsp3) is 0.150. The Morgan fingerprint density at radius 1 is 1.04 bits per heavy atom. The lowest BCUT2D eigenvalue weighted by Gasteiger charge is -2.05. The molecule has 0 aliphatic heterocycles. The van der Waals surface area contributed by atoms with Crippen LogP contribution in [0.5, 0.6) is 0 Å². The Labute approximate surface area is 153 Å². The maximum atomic E-state index is 12.6. The fourth-order valence-corrected chi connectivity index (χ4v) is 3.76. The summed E-state index contributed by atoms with van der Waals surface area (Å²) in [4.78, 5) is 30.6. The molecule has 0 saturated carbocycles. The van der Waals surface area contributed by atoms with E-state index in [2.05, 4.69) is 10.3 Å². The summed E-state index contributed by atoms with van der Waals surface area (Å²) < 4.78 is 1.56. The topological polar surface area (TPSA) is 63.5 Å². The standard InChI is InChI=1S/C20H17N3O2S/c1-11-4-6-14(7-5-11)21-19(25)17-10-18(24)23-16-9-13(3)12(2)8-15(16)22-20(23)26-17/h4-10H,1-3H3,(H,21,25). The van der Waals surface area contributed by atoms with Crippen LogP contribution >= 0.6 is 11.3 Å². The van der Waals surface area contributed by atoms with E-state index in [1.54, 1.807) is 4.40 Å². The van der Waals surface area contributed by atoms with Gasteiger partial charge in [-0.15, -0.1) is 0 Å². The van der Waals surface area contributed by atoms with Crippen molar-refractivity contribution < 1.29 is 4.79 Å². The van der Waals surface area contributed by atoms with Crippen molar-refractivity contribution in [2.75, 3.05) is 5.32 Å². The van der Waals surface area contributed by atoms with Gasteiger partial charge in [0.15, 0.2) is 4.96 Å². The minimum Gasteiger partial charge on any atom is -0.321 e. The minimum absolute atomic E-state index is 0.251. The van der Waals surface area contributed by atoms with E-state index in [0.717, 1.165) is 27.7 Å². The maximum absolute atomic E-state index is 12.6. The number of hydrogen-bond acceptors (Lipinski definition) is 4. The molecular weight excluding hydrogens is 346 g/mol. The Hall–Kier alpha value is -2.99. The molecule has 0 saturated heterocycles. The molecule has 1 N–H and O–H groups in total. The average molecular weight is 363 g/mol. The number of benzene rings is 2. The summed E-state index contributed by atoms with van der Waals surface area (Å²) >= 11 is 1.21. The van der Waals surface area contributed by atoms with Gasteiger partial charge in [-0.2, -0.15) is 0 Å². The number of hydrogen-bond donors (Lipinski definition) is 1. The Bertz CT molecular complexity index is 1220. The Morgan fingerprint density at radius 3 is 2.46 bits per heavy atom. The first kappa shape index (κ1) is 16.5. The summed E-state index contributed by atoms with van der Waals surface area (Å²) in [5.74, 6) is -0.308. The molecule has 0 spiro atoms. The van der Waals surface area contributed by atoms with E-state index >= 15 is 0 Å². The van der Waals surface area contributed by atoms with E-state index in [4.69, 9.17) is 0 Å². The second-order valence-electron chi connectivity index (χ2n) is 6.42. The summed E-state index contributed by atoms with van der Waals surface area (Å²) in [5, 5.41) is 2.82. The molecule has 0 aliphatic rings. The van der Waals surface area contributed by atoms with Crippen molar-refractivity contribution in [3.05, 3.63) is 74.4 Å². The van der Waals surface area contributed by atoms with Crippen LogP contribution in [0.4, 0.5) is 5.69 Å². The van der Waals surface area contributed by atoms with Gasteiger partial charge in [-0.25, -0.2) is 4.98 Å². The quantitative estimate of drug-likeness (QED) is 0.583. The van der Waals surface area contributed by atoms with Crippen LogP contribution in [0.15, 0.2) is 47.3 Å². The molecule has 2 heterocycles. The summed E-state index contributed by atoms with van der Waals surface area (Å²) in [5.41, 5.74) is 5.31. The predicted octanol–water partition coefficient (Wildman–Crippen LogP) is 4.09. The van der Waals surface area contributed by atoms with E-state index in [-0.39, 0.29) is 11.5 Å². The molecule has 0 unspecified atom stereocenters. The van der Waals surface area contributed by atoms with Crippen LogP contribution in [0.1, 0.15) is 26.4 Å². The SMILES string of the molecule is Cc1ccc(NC(=O)c2cc(=O)n3c(nc4cc(C)c(C)cc43)s2)cc1. The first-order chi connectivity index (χ1) is 12.4. The summed E-state index contributed by atoms with van der Waals surface area (Å²) in [6, 6.07) is 12.8. The second kappa shape index (κ2) is 6.07. The third-order valence-corrected chi connectivity index (χ3v) is 5.43. The lowest BCUT2D eigenvalue weighted by molar-refractivity contribution is 0.103. The van der Waals surface area contributed by atoms with Gasteiger partial charge in [0.1, 0.15) is 4.88 Å². The van der Waals surface area contributed by atoms with Crippen LogP contribution in [0.25, 0.3) is 16.0 Å². The third kappa shape index (κ3) is 2.78. The Kier molecular flexibility index (Phi) is 3.85. The first-order valence-corrected chi connectivity index (χ1v) is 9.05. The Balaban J connectivity index is 1.79. The molecule has 5 nitrogen and oxygen atoms in total. The highest BCUT2D eigenvalue weighted by Gasteiger charge is 2.15. The third-order valence-electron chi connectivity index (χ3n) is 4.45. The van der Waals surface area contributed by atoms with Gasteiger partial charge >= 0.3 is 0 Å². The van der Waals surface area contributed by atoms with Gasteiger partial charge in [0.2, 0.25) is 0 Å². The molecular formula is C20H17N3O2S. The Morgan fingerprint density at radius 2 is 1.73 bits per heavy atom. The fourth-order valence-electron chi connectivity index (χ4n) is 2.84. The van der Waals surface area contributed by atoms with E-state index in [1.807, 2.05) is 57.2 Å². The van der Waals surface area contributed by atoms with Gasteiger partial charge in [-0.1, -0.05) is 29.0 Å². The van der Waals surface area contributed by atoms with Crippen molar-refractivity contribution >= 4 is 38.9 Å². The van der Waals surface area contributed by atoms with Gasteiger partial charge in [0, 0.05) is 11.8 Å². The van der Waals surface area contributed by atoms with Crippen molar-refractivity contribution in [3.8, 4) is 0 Å². The molecule has 6 heteroatoms. The lowest BCUT2D eigenvalue weighted by atomic mass is 10.1. The molecule has 2 aromatic heterocycles. The molecule has 26 heavy (non-hydrogen) atoms. The summed E-state index contributed by atoms with van der Waals surface area (Å²) in [7, 11) is 0. The zero-order valence-electron chi connectivity index (χ0n) is 14.7. The maximum Gasteiger partial charge on any atom is 0.266 e. The van der Waals surface area contributed by atoms with Gasteiger partial charge in [-0.05, 0) is 56.2 Å². The number of anilines is 1. The second-order valence-corrected chi connectivity index (χ2v) is 7.43. The van der Waals surface area contributed by atoms with Gasteiger partial charge in [0.25, 0.3) is 11.5 Å². The number of imidazole rings is 1. The van der Waals surface area contributed by atoms with Crippen molar-refractivity contribution in [2.24, 2.45) is 0 Å². The van der Waals surface area contributed by atoms with Crippen LogP contribution < -0.4 is 10.9 Å². The molecule has 4 rings (SSSR count). The molecule has 0 bridgehead atoms. The average Bonchev–Trinajstić information content (AvgIpc) is 2.95. The van der Waals surface area contributed by atoms with E-state index in [9.17, 15) is 9.59 Å². The number of rotatable bonds is 2. The molecule has 2 aromatic carbocycles. The van der Waals surface area contributed by atoms with Crippen molar-refractivity contribution in [1.82, 2.24) is 9.38 Å². The highest BCUT2D eigenvalue weighted by molar-refractivity contribution is 7.18. The van der Waals surface area contributed by atoms with Crippen molar-refractivity contribution in [1.29, 1.82) is 0 Å². The molecule has 0 aliphatic carbocycles. The number of amides is 1. The normalized spacial score (nSPS) is 11.2. The van der Waals surface area contributed by atoms with E-state index < -0.39 is 0 Å². The van der Waals surface area contributed by atoms with Crippen LogP contribution in [0.3, 0.4) is 0 Å². The van der Waals surface area contributed by atoms with Gasteiger partial charge in [-0.3, -0.25) is 14.0 Å². The van der Waals surface area contributed by atoms with Gasteiger partial charge < -0.3 is 5.32 Å². The smallest absolute Gasteiger partial charge is 0.266 e. The molecule has 0 radical (unpaired) electrons. The molecule has 0 fully saturated rings. The summed E-state index contributed by atoms with van der Waals surface area (Å²) in [6.45, 7) is 6.00. The number of carbonyl (C=O) groups excluding carboxylic acids is 1. The zero-order chi connectivity index (χ0) is 18.4. The van der Waals surface area contributed by atoms with Gasteiger partial charge in [0.05, 0.1) is 11.0 Å². The van der Waals surface area contributed by atoms with E-state index in [0.29, 0.717) is 15.5 Å². The number of aryl methyl sites for hydroxylation is 3. The summed E-state index contributed by atoms with van der Waals surface area (Å²) in [6.07, 6.45) is 0. The predicted molar refractivity (Wildman–Crippen MR) is 105 cm³/mol. The highest BCUT2D eigenvalue weighted by Crippen LogP contribution is 2.23. The number of carbonyl (C=O) groups is 1. The number of nitrogens with zero attached hydrogens (tertiary/aromatic N) is 2. The highest BCUT2D eigenvalue weighted by atomic mass is 32.1. The molecule has 130 valence electrons. The van der Waals surface area contributed by atoms with Crippen LogP contribution in [-0.2, 0) is 0 Å².